The molecule has 0 spiro atoms. The highest BCUT2D eigenvalue weighted by atomic mass is 32.2. The van der Waals surface area contributed by atoms with Crippen LogP contribution in [0.2, 0.25) is 0 Å². The molecule has 2 rings (SSSR count). The predicted octanol–water partition coefficient (Wildman–Crippen LogP) is 2.52. The monoisotopic (exact) mass is 459 g/mol. The van der Waals surface area contributed by atoms with Gasteiger partial charge >= 0.3 is 0 Å². The summed E-state index contributed by atoms with van der Waals surface area (Å²) in [5.41, 5.74) is 0.467. The number of sulfonamides is 1. The van der Waals surface area contributed by atoms with Crippen molar-refractivity contribution in [3.63, 3.8) is 0 Å². The first-order chi connectivity index (χ1) is 15.3. The van der Waals surface area contributed by atoms with Crippen molar-refractivity contribution in [2.75, 3.05) is 44.4 Å². The molecule has 2 aromatic heterocycles. The van der Waals surface area contributed by atoms with Crippen LogP contribution in [-0.4, -0.2) is 63.1 Å². The van der Waals surface area contributed by atoms with Crippen molar-refractivity contribution in [3.05, 3.63) is 42.1 Å². The molecule has 2 heterocycles. The molecule has 0 aliphatic carbocycles. The van der Waals surface area contributed by atoms with E-state index in [1.54, 1.807) is 30.5 Å². The van der Waals surface area contributed by atoms with Gasteiger partial charge < -0.3 is 15.5 Å². The Labute approximate surface area is 191 Å². The summed E-state index contributed by atoms with van der Waals surface area (Å²) in [6.45, 7) is 5.54. The van der Waals surface area contributed by atoms with Gasteiger partial charge in [-0.05, 0) is 44.3 Å². The Morgan fingerprint density at radius 1 is 1.09 bits per heavy atom. The molecule has 0 bridgehead atoms. The summed E-state index contributed by atoms with van der Waals surface area (Å²) in [5.74, 6) is 1.38. The zero-order chi connectivity index (χ0) is 23.6. The number of nitrogens with one attached hydrogen (secondary N) is 3. The molecule has 1 unspecified atom stereocenters. The number of aromatic nitrogens is 2. The number of hydrogen-bond donors (Lipinski definition) is 3. The van der Waals surface area contributed by atoms with Gasteiger partial charge in [0.15, 0.2) is 5.03 Å². The molecular weight excluding hydrogens is 426 g/mol. The molecule has 0 saturated heterocycles. The maximum absolute atomic E-state index is 12.8. The Balaban J connectivity index is 1.96. The third kappa shape index (κ3) is 7.15. The molecule has 0 saturated carbocycles. The SMILES string of the molecule is CCC(CC)C(CNS(=O)(=O)c1cccc(NCCNc2ncccc2C#N)n1)N(C)C. The lowest BCUT2D eigenvalue weighted by Crippen LogP contribution is -2.44. The molecule has 0 fully saturated rings. The molecule has 0 amide bonds. The van der Waals surface area contributed by atoms with Crippen LogP contribution in [0.5, 0.6) is 0 Å². The van der Waals surface area contributed by atoms with Gasteiger partial charge in [-0.25, -0.2) is 23.1 Å². The molecular formula is C22H33N7O2S. The van der Waals surface area contributed by atoms with E-state index < -0.39 is 10.0 Å². The first-order valence-corrected chi connectivity index (χ1v) is 12.3. The number of nitrogens with zero attached hydrogens (tertiary/aromatic N) is 4. The highest BCUT2D eigenvalue weighted by molar-refractivity contribution is 7.89. The first kappa shape index (κ1) is 25.5. The molecule has 0 aromatic carbocycles. The maximum atomic E-state index is 12.8. The van der Waals surface area contributed by atoms with Crippen LogP contribution < -0.4 is 15.4 Å². The fourth-order valence-electron chi connectivity index (χ4n) is 3.54. The minimum Gasteiger partial charge on any atom is -0.368 e. The standard InChI is InChI=1S/C22H33N7O2S/c1-5-17(6-2)19(29(3)4)16-27-32(30,31)21-11-7-10-20(28-21)24-13-14-26-22-18(15-23)9-8-12-25-22/h7-12,17,19,27H,5-6,13-14,16H2,1-4H3,(H,24,28)(H,25,26). The second-order valence-corrected chi connectivity index (χ2v) is 9.40. The Bertz CT molecular complexity index is 1000. The first-order valence-electron chi connectivity index (χ1n) is 10.8. The summed E-state index contributed by atoms with van der Waals surface area (Å²) in [7, 11) is 0.208. The van der Waals surface area contributed by atoms with E-state index in [4.69, 9.17) is 5.26 Å². The molecule has 0 radical (unpaired) electrons. The van der Waals surface area contributed by atoms with Crippen LogP contribution in [0, 0.1) is 17.2 Å². The minimum absolute atomic E-state index is 0.0194. The van der Waals surface area contributed by atoms with E-state index >= 15 is 0 Å². The average molecular weight is 460 g/mol. The van der Waals surface area contributed by atoms with E-state index in [1.807, 2.05) is 14.1 Å². The molecule has 32 heavy (non-hydrogen) atoms. The number of nitriles is 1. The van der Waals surface area contributed by atoms with Crippen LogP contribution in [0.3, 0.4) is 0 Å². The zero-order valence-electron chi connectivity index (χ0n) is 19.2. The molecule has 2 aromatic rings. The van der Waals surface area contributed by atoms with E-state index in [0.717, 1.165) is 12.8 Å². The fourth-order valence-corrected chi connectivity index (χ4v) is 4.56. The molecule has 1 atom stereocenters. The van der Waals surface area contributed by atoms with Crippen LogP contribution in [-0.2, 0) is 10.0 Å². The van der Waals surface area contributed by atoms with Gasteiger partial charge in [0, 0.05) is 31.9 Å². The highest BCUT2D eigenvalue weighted by Crippen LogP contribution is 2.17. The van der Waals surface area contributed by atoms with Gasteiger partial charge in [0.2, 0.25) is 0 Å². The van der Waals surface area contributed by atoms with Crippen molar-refractivity contribution >= 4 is 21.7 Å². The molecule has 0 aliphatic heterocycles. The van der Waals surface area contributed by atoms with Gasteiger partial charge in [0.1, 0.15) is 17.7 Å². The Kier molecular flexibility index (Phi) is 9.84. The normalized spacial score (nSPS) is 12.5. The summed E-state index contributed by atoms with van der Waals surface area (Å²) in [6.07, 6.45) is 3.59. The summed E-state index contributed by atoms with van der Waals surface area (Å²) >= 11 is 0. The number of pyridine rings is 2. The Morgan fingerprint density at radius 3 is 2.47 bits per heavy atom. The van der Waals surface area contributed by atoms with Crippen LogP contribution in [0.15, 0.2) is 41.6 Å². The van der Waals surface area contributed by atoms with Gasteiger partial charge in [-0.1, -0.05) is 32.8 Å². The third-order valence-electron chi connectivity index (χ3n) is 5.39. The van der Waals surface area contributed by atoms with Crippen molar-refractivity contribution in [1.82, 2.24) is 19.6 Å². The maximum Gasteiger partial charge on any atom is 0.258 e. The molecule has 9 nitrogen and oxygen atoms in total. The third-order valence-corrected chi connectivity index (χ3v) is 6.71. The van der Waals surface area contributed by atoms with Crippen molar-refractivity contribution in [3.8, 4) is 6.07 Å². The average Bonchev–Trinajstić information content (AvgIpc) is 2.79. The lowest BCUT2D eigenvalue weighted by atomic mass is 9.93. The minimum atomic E-state index is -3.73. The van der Waals surface area contributed by atoms with Crippen LogP contribution >= 0.6 is 0 Å². The molecule has 3 N–H and O–H groups in total. The van der Waals surface area contributed by atoms with Crippen LogP contribution in [0.25, 0.3) is 0 Å². The highest BCUT2D eigenvalue weighted by Gasteiger charge is 2.24. The summed E-state index contributed by atoms with van der Waals surface area (Å²) in [6, 6.07) is 10.5. The van der Waals surface area contributed by atoms with E-state index in [2.05, 4.69) is 50.1 Å². The predicted molar refractivity (Wildman–Crippen MR) is 127 cm³/mol. The number of anilines is 2. The smallest absolute Gasteiger partial charge is 0.258 e. The number of likely N-dealkylation sites (N-methyl/N-ethyl adjacent to an activating group) is 1. The van der Waals surface area contributed by atoms with Crippen LogP contribution in [0.1, 0.15) is 32.3 Å². The van der Waals surface area contributed by atoms with Gasteiger partial charge in [-0.15, -0.1) is 0 Å². The topological polar surface area (TPSA) is 123 Å². The zero-order valence-corrected chi connectivity index (χ0v) is 20.0. The van der Waals surface area contributed by atoms with Gasteiger partial charge in [0.05, 0.1) is 5.56 Å². The Hall–Kier alpha value is -2.74. The summed E-state index contributed by atoms with van der Waals surface area (Å²) in [4.78, 5) is 10.5. The van der Waals surface area contributed by atoms with Crippen molar-refractivity contribution in [2.24, 2.45) is 5.92 Å². The van der Waals surface area contributed by atoms with Gasteiger partial charge in [0.25, 0.3) is 10.0 Å². The van der Waals surface area contributed by atoms with E-state index in [-0.39, 0.29) is 11.1 Å². The summed E-state index contributed by atoms with van der Waals surface area (Å²) in [5, 5.41) is 15.3. The quantitative estimate of drug-likeness (QED) is 0.391. The lowest BCUT2D eigenvalue weighted by Gasteiger charge is -2.31. The van der Waals surface area contributed by atoms with Crippen LogP contribution in [0.4, 0.5) is 11.6 Å². The van der Waals surface area contributed by atoms with Crippen molar-refractivity contribution < 1.29 is 8.42 Å². The number of rotatable bonds is 13. The van der Waals surface area contributed by atoms with Crippen molar-refractivity contribution in [2.45, 2.75) is 37.8 Å². The molecule has 174 valence electrons. The van der Waals surface area contributed by atoms with E-state index in [0.29, 0.717) is 42.8 Å². The fraction of sp³-hybridized carbons (Fsp3) is 0.500. The molecule has 0 aliphatic rings. The Morgan fingerprint density at radius 2 is 1.81 bits per heavy atom. The summed E-state index contributed by atoms with van der Waals surface area (Å²) < 4.78 is 28.4. The second-order valence-electron chi connectivity index (χ2n) is 7.69. The molecule has 10 heteroatoms. The van der Waals surface area contributed by atoms with Crippen molar-refractivity contribution in [1.29, 1.82) is 5.26 Å². The van der Waals surface area contributed by atoms with E-state index in [9.17, 15) is 8.42 Å². The second kappa shape index (κ2) is 12.3. The number of hydrogen-bond acceptors (Lipinski definition) is 8. The van der Waals surface area contributed by atoms with E-state index in [1.165, 1.54) is 6.07 Å². The van der Waals surface area contributed by atoms with Gasteiger partial charge in [-0.3, -0.25) is 0 Å². The lowest BCUT2D eigenvalue weighted by molar-refractivity contribution is 0.201. The largest absolute Gasteiger partial charge is 0.368 e. The van der Waals surface area contributed by atoms with Gasteiger partial charge in [-0.2, -0.15) is 5.26 Å².